The molecule has 1 aromatic rings. The maximum Gasteiger partial charge on any atom is 0.337 e. The van der Waals surface area contributed by atoms with Crippen LogP contribution in [-0.2, 0) is 9.53 Å². The molecule has 0 aromatic heterocycles. The molecule has 4 nitrogen and oxygen atoms in total. The predicted octanol–water partition coefficient (Wildman–Crippen LogP) is 3.38. The molecule has 1 aliphatic carbocycles. The number of methoxy groups -OCH3 is 1. The zero-order chi connectivity index (χ0) is 14.4. The number of hydrogen-bond acceptors (Lipinski definition) is 3. The predicted molar refractivity (Wildman–Crippen MR) is 77.6 cm³/mol. The van der Waals surface area contributed by atoms with E-state index in [9.17, 15) is 9.59 Å². The Morgan fingerprint density at radius 2 is 1.85 bits per heavy atom. The van der Waals surface area contributed by atoms with Gasteiger partial charge in [0.15, 0.2) is 0 Å². The molecule has 0 unspecified atom stereocenters. The SMILES string of the molecule is COC(=O)c1ccc(NC(=O)CCC2CCCC2)cc1. The van der Waals surface area contributed by atoms with Crippen molar-refractivity contribution in [2.24, 2.45) is 5.92 Å². The van der Waals surface area contributed by atoms with Crippen molar-refractivity contribution in [3.63, 3.8) is 0 Å². The van der Waals surface area contributed by atoms with E-state index in [2.05, 4.69) is 10.1 Å². The lowest BCUT2D eigenvalue weighted by Crippen LogP contribution is -2.13. The summed E-state index contributed by atoms with van der Waals surface area (Å²) in [4.78, 5) is 23.1. The molecular weight excluding hydrogens is 254 g/mol. The minimum atomic E-state index is -0.371. The molecule has 20 heavy (non-hydrogen) atoms. The number of rotatable bonds is 5. The third-order valence-electron chi connectivity index (χ3n) is 3.84. The molecular formula is C16H21NO3. The third kappa shape index (κ3) is 4.08. The van der Waals surface area contributed by atoms with Gasteiger partial charge in [0.1, 0.15) is 0 Å². The molecule has 1 amide bonds. The maximum absolute atomic E-state index is 11.8. The summed E-state index contributed by atoms with van der Waals surface area (Å²) in [5.41, 5.74) is 1.20. The molecule has 1 N–H and O–H groups in total. The number of nitrogens with one attached hydrogen (secondary N) is 1. The number of hydrogen-bond donors (Lipinski definition) is 1. The topological polar surface area (TPSA) is 55.4 Å². The van der Waals surface area contributed by atoms with Gasteiger partial charge in [-0.15, -0.1) is 0 Å². The van der Waals surface area contributed by atoms with Gasteiger partial charge in [-0.2, -0.15) is 0 Å². The molecule has 2 rings (SSSR count). The van der Waals surface area contributed by atoms with E-state index in [4.69, 9.17) is 0 Å². The Hall–Kier alpha value is -1.84. The average molecular weight is 275 g/mol. The molecule has 4 heteroatoms. The first-order chi connectivity index (χ1) is 9.69. The summed E-state index contributed by atoms with van der Waals surface area (Å²) in [6, 6.07) is 6.75. The van der Waals surface area contributed by atoms with Crippen LogP contribution in [0.5, 0.6) is 0 Å². The second-order valence-electron chi connectivity index (χ2n) is 5.31. The first kappa shape index (κ1) is 14.6. The zero-order valence-corrected chi connectivity index (χ0v) is 11.9. The molecule has 1 aromatic carbocycles. The highest BCUT2D eigenvalue weighted by molar-refractivity contribution is 5.93. The molecule has 0 bridgehead atoms. The van der Waals surface area contributed by atoms with Crippen LogP contribution in [0.15, 0.2) is 24.3 Å². The number of amides is 1. The Morgan fingerprint density at radius 3 is 2.45 bits per heavy atom. The van der Waals surface area contributed by atoms with Crippen molar-refractivity contribution in [3.05, 3.63) is 29.8 Å². The van der Waals surface area contributed by atoms with E-state index < -0.39 is 0 Å². The molecule has 0 spiro atoms. The maximum atomic E-state index is 11.8. The quantitative estimate of drug-likeness (QED) is 0.838. The second-order valence-corrected chi connectivity index (χ2v) is 5.31. The highest BCUT2D eigenvalue weighted by atomic mass is 16.5. The summed E-state index contributed by atoms with van der Waals surface area (Å²) in [5.74, 6) is 0.397. The average Bonchev–Trinajstić information content (AvgIpc) is 2.98. The van der Waals surface area contributed by atoms with Crippen molar-refractivity contribution in [2.45, 2.75) is 38.5 Å². The first-order valence-electron chi connectivity index (χ1n) is 7.17. The molecule has 0 heterocycles. The van der Waals surface area contributed by atoms with E-state index in [1.807, 2.05) is 0 Å². The van der Waals surface area contributed by atoms with E-state index in [-0.39, 0.29) is 11.9 Å². The molecule has 0 atom stereocenters. The lowest BCUT2D eigenvalue weighted by atomic mass is 10.0. The van der Waals surface area contributed by atoms with Crippen molar-refractivity contribution >= 4 is 17.6 Å². The van der Waals surface area contributed by atoms with E-state index in [1.54, 1.807) is 24.3 Å². The smallest absolute Gasteiger partial charge is 0.337 e. The fourth-order valence-electron chi connectivity index (χ4n) is 2.67. The largest absolute Gasteiger partial charge is 0.465 e. The van der Waals surface area contributed by atoms with Gasteiger partial charge in [-0.25, -0.2) is 4.79 Å². The first-order valence-corrected chi connectivity index (χ1v) is 7.17. The molecule has 0 saturated heterocycles. The lowest BCUT2D eigenvalue weighted by molar-refractivity contribution is -0.116. The highest BCUT2D eigenvalue weighted by Gasteiger charge is 2.16. The summed E-state index contributed by atoms with van der Waals surface area (Å²) in [6.45, 7) is 0. The highest BCUT2D eigenvalue weighted by Crippen LogP contribution is 2.28. The Labute approximate surface area is 119 Å². The van der Waals surface area contributed by atoms with Gasteiger partial charge in [0, 0.05) is 12.1 Å². The van der Waals surface area contributed by atoms with Crippen LogP contribution in [-0.4, -0.2) is 19.0 Å². The van der Waals surface area contributed by atoms with Gasteiger partial charge in [0.2, 0.25) is 5.91 Å². The van der Waals surface area contributed by atoms with Crippen molar-refractivity contribution in [2.75, 3.05) is 12.4 Å². The van der Waals surface area contributed by atoms with Crippen molar-refractivity contribution in [3.8, 4) is 0 Å². The van der Waals surface area contributed by atoms with Crippen LogP contribution < -0.4 is 5.32 Å². The lowest BCUT2D eigenvalue weighted by Gasteiger charge is -2.09. The molecule has 1 fully saturated rings. The summed E-state index contributed by atoms with van der Waals surface area (Å²) in [7, 11) is 1.35. The van der Waals surface area contributed by atoms with E-state index in [1.165, 1.54) is 32.8 Å². The number of carbonyl (C=O) groups is 2. The molecule has 108 valence electrons. The summed E-state index contributed by atoms with van der Waals surface area (Å²) >= 11 is 0. The standard InChI is InChI=1S/C16H21NO3/c1-20-16(19)13-7-9-14(10-8-13)17-15(18)11-6-12-4-2-3-5-12/h7-10,12H,2-6,11H2,1H3,(H,17,18). The van der Waals surface area contributed by atoms with Gasteiger partial charge in [0.05, 0.1) is 12.7 Å². The Balaban J connectivity index is 1.80. The number of ether oxygens (including phenoxy) is 1. The number of esters is 1. The zero-order valence-electron chi connectivity index (χ0n) is 11.9. The van der Waals surface area contributed by atoms with Gasteiger partial charge in [-0.05, 0) is 36.6 Å². The molecule has 1 saturated carbocycles. The normalized spacial score (nSPS) is 15.1. The van der Waals surface area contributed by atoms with Gasteiger partial charge in [0.25, 0.3) is 0 Å². The van der Waals surface area contributed by atoms with Crippen LogP contribution in [0.25, 0.3) is 0 Å². The third-order valence-corrected chi connectivity index (χ3v) is 3.84. The van der Waals surface area contributed by atoms with Gasteiger partial charge in [-0.1, -0.05) is 25.7 Å². The molecule has 0 aliphatic heterocycles. The van der Waals surface area contributed by atoms with Crippen LogP contribution in [0.3, 0.4) is 0 Å². The van der Waals surface area contributed by atoms with Crippen LogP contribution >= 0.6 is 0 Å². The van der Waals surface area contributed by atoms with Crippen LogP contribution in [0.4, 0.5) is 5.69 Å². The van der Waals surface area contributed by atoms with Gasteiger partial charge in [-0.3, -0.25) is 4.79 Å². The minimum absolute atomic E-state index is 0.0442. The Kier molecular flexibility index (Phi) is 5.16. The summed E-state index contributed by atoms with van der Waals surface area (Å²) < 4.78 is 4.63. The Bertz CT molecular complexity index is 461. The molecule has 0 radical (unpaired) electrons. The minimum Gasteiger partial charge on any atom is -0.465 e. The van der Waals surface area contributed by atoms with Crippen molar-refractivity contribution in [1.82, 2.24) is 0 Å². The van der Waals surface area contributed by atoms with Gasteiger partial charge < -0.3 is 10.1 Å². The number of carbonyl (C=O) groups excluding carboxylic acids is 2. The van der Waals surface area contributed by atoms with E-state index in [0.29, 0.717) is 17.7 Å². The fourth-order valence-corrected chi connectivity index (χ4v) is 2.67. The fraction of sp³-hybridized carbons (Fsp3) is 0.500. The van der Waals surface area contributed by atoms with E-state index in [0.717, 1.165) is 12.3 Å². The summed E-state index contributed by atoms with van der Waals surface area (Å²) in [5, 5.41) is 2.86. The monoisotopic (exact) mass is 275 g/mol. The number of benzene rings is 1. The molecule has 1 aliphatic rings. The van der Waals surface area contributed by atoms with Gasteiger partial charge >= 0.3 is 5.97 Å². The Morgan fingerprint density at radius 1 is 1.20 bits per heavy atom. The van der Waals surface area contributed by atoms with E-state index >= 15 is 0 Å². The van der Waals surface area contributed by atoms with Crippen LogP contribution in [0, 0.1) is 5.92 Å². The van der Waals surface area contributed by atoms with Crippen LogP contribution in [0.2, 0.25) is 0 Å². The van der Waals surface area contributed by atoms with Crippen molar-refractivity contribution < 1.29 is 14.3 Å². The summed E-state index contributed by atoms with van der Waals surface area (Å²) in [6.07, 6.45) is 6.69. The number of anilines is 1. The van der Waals surface area contributed by atoms with Crippen molar-refractivity contribution in [1.29, 1.82) is 0 Å². The second kappa shape index (κ2) is 7.08. The van der Waals surface area contributed by atoms with Crippen LogP contribution in [0.1, 0.15) is 48.9 Å².